The Kier molecular flexibility index (Phi) is 5.87. The van der Waals surface area contributed by atoms with Crippen molar-refractivity contribution in [3.05, 3.63) is 47.8 Å². The fraction of sp³-hybridized carbons (Fsp3) is 0.391. The highest BCUT2D eigenvalue weighted by Gasteiger charge is 2.24. The molecule has 1 aliphatic carbocycles. The molecule has 0 saturated heterocycles. The SMILES string of the molecule is CC(C)Nc1cc(-c2ccc3cc(C#N)cnn23)ncc1C(=O)NC1CCC[C@@H](O)C1. The lowest BCUT2D eigenvalue weighted by atomic mass is 9.93. The topological polar surface area (TPSA) is 115 Å². The van der Waals surface area contributed by atoms with E-state index in [2.05, 4.69) is 26.8 Å². The Morgan fingerprint density at radius 3 is 2.87 bits per heavy atom. The van der Waals surface area contributed by atoms with Gasteiger partial charge in [-0.1, -0.05) is 0 Å². The van der Waals surface area contributed by atoms with Crippen molar-refractivity contribution in [2.45, 2.75) is 57.7 Å². The Hall–Kier alpha value is -3.44. The van der Waals surface area contributed by atoms with E-state index in [1.165, 1.54) is 6.20 Å². The second-order valence-corrected chi connectivity index (χ2v) is 8.32. The predicted molar refractivity (Wildman–Crippen MR) is 118 cm³/mol. The zero-order valence-corrected chi connectivity index (χ0v) is 17.7. The molecule has 0 aliphatic heterocycles. The lowest BCUT2D eigenvalue weighted by molar-refractivity contribution is 0.0850. The minimum atomic E-state index is -0.357. The van der Waals surface area contributed by atoms with Crippen LogP contribution in [0.2, 0.25) is 0 Å². The van der Waals surface area contributed by atoms with Gasteiger partial charge in [0.25, 0.3) is 5.91 Å². The van der Waals surface area contributed by atoms with E-state index in [-0.39, 0.29) is 24.1 Å². The molecule has 8 nitrogen and oxygen atoms in total. The van der Waals surface area contributed by atoms with E-state index < -0.39 is 0 Å². The Morgan fingerprint density at radius 1 is 1.29 bits per heavy atom. The summed E-state index contributed by atoms with van der Waals surface area (Å²) in [5.74, 6) is -0.196. The highest BCUT2D eigenvalue weighted by atomic mass is 16.3. The third-order valence-corrected chi connectivity index (χ3v) is 5.47. The van der Waals surface area contributed by atoms with Crippen LogP contribution in [0.5, 0.6) is 0 Å². The van der Waals surface area contributed by atoms with Crippen LogP contribution in [0.25, 0.3) is 16.9 Å². The molecule has 4 rings (SSSR count). The summed E-state index contributed by atoms with van der Waals surface area (Å²) in [5.41, 5.74) is 3.90. The number of nitriles is 1. The van der Waals surface area contributed by atoms with Gasteiger partial charge >= 0.3 is 0 Å². The highest BCUT2D eigenvalue weighted by molar-refractivity contribution is 6.00. The van der Waals surface area contributed by atoms with E-state index in [0.29, 0.717) is 28.9 Å². The van der Waals surface area contributed by atoms with Gasteiger partial charge in [0.15, 0.2) is 0 Å². The lowest BCUT2D eigenvalue weighted by Crippen LogP contribution is -2.40. The summed E-state index contributed by atoms with van der Waals surface area (Å²) in [5, 5.41) is 29.7. The number of hydrogen-bond donors (Lipinski definition) is 3. The maximum Gasteiger partial charge on any atom is 0.255 e. The van der Waals surface area contributed by atoms with Crippen LogP contribution < -0.4 is 10.6 Å². The largest absolute Gasteiger partial charge is 0.393 e. The van der Waals surface area contributed by atoms with E-state index in [4.69, 9.17) is 5.26 Å². The van der Waals surface area contributed by atoms with E-state index in [0.717, 1.165) is 30.5 Å². The Bertz CT molecular complexity index is 1150. The van der Waals surface area contributed by atoms with Crippen molar-refractivity contribution in [1.82, 2.24) is 19.9 Å². The van der Waals surface area contributed by atoms with Crippen molar-refractivity contribution in [3.8, 4) is 17.5 Å². The number of nitrogens with zero attached hydrogens (tertiary/aromatic N) is 4. The van der Waals surface area contributed by atoms with Gasteiger partial charge in [-0.3, -0.25) is 9.78 Å². The number of anilines is 1. The predicted octanol–water partition coefficient (Wildman–Crippen LogP) is 3.12. The summed E-state index contributed by atoms with van der Waals surface area (Å²) in [6, 6.07) is 9.59. The first kappa shape index (κ1) is 20.8. The van der Waals surface area contributed by atoms with Crippen LogP contribution in [-0.2, 0) is 0 Å². The summed E-state index contributed by atoms with van der Waals surface area (Å²) in [4.78, 5) is 17.5. The van der Waals surface area contributed by atoms with Gasteiger partial charge in [0.05, 0.1) is 46.0 Å². The van der Waals surface area contributed by atoms with Crippen LogP contribution in [-0.4, -0.2) is 43.8 Å². The molecular weight excluding hydrogens is 392 g/mol. The number of aromatic nitrogens is 3. The minimum Gasteiger partial charge on any atom is -0.393 e. The van der Waals surface area contributed by atoms with E-state index in [1.54, 1.807) is 16.8 Å². The number of nitrogens with one attached hydrogen (secondary N) is 2. The molecule has 1 amide bonds. The van der Waals surface area contributed by atoms with Crippen molar-refractivity contribution in [1.29, 1.82) is 5.26 Å². The number of hydrogen-bond acceptors (Lipinski definition) is 6. The molecule has 1 fully saturated rings. The Labute approximate surface area is 180 Å². The molecule has 0 radical (unpaired) electrons. The molecule has 0 aromatic carbocycles. The van der Waals surface area contributed by atoms with Gasteiger partial charge in [-0.05, 0) is 63.8 Å². The van der Waals surface area contributed by atoms with Gasteiger partial charge in [0.1, 0.15) is 6.07 Å². The number of carbonyl (C=O) groups excluding carboxylic acids is 1. The molecule has 3 N–H and O–H groups in total. The first-order valence-electron chi connectivity index (χ1n) is 10.6. The van der Waals surface area contributed by atoms with Gasteiger partial charge in [-0.15, -0.1) is 0 Å². The number of fused-ring (bicyclic) bond motifs is 1. The van der Waals surface area contributed by atoms with Crippen molar-refractivity contribution in [2.24, 2.45) is 0 Å². The van der Waals surface area contributed by atoms with Gasteiger partial charge in [-0.25, -0.2) is 4.52 Å². The van der Waals surface area contributed by atoms with Crippen LogP contribution in [0.15, 0.2) is 36.7 Å². The molecule has 0 bridgehead atoms. The van der Waals surface area contributed by atoms with Crippen LogP contribution in [0.3, 0.4) is 0 Å². The average molecular weight is 419 g/mol. The second-order valence-electron chi connectivity index (χ2n) is 8.32. The molecule has 1 unspecified atom stereocenters. The summed E-state index contributed by atoms with van der Waals surface area (Å²) < 4.78 is 1.73. The lowest BCUT2D eigenvalue weighted by Gasteiger charge is -2.27. The molecular formula is C23H26N6O2. The second kappa shape index (κ2) is 8.74. The van der Waals surface area contributed by atoms with Gasteiger partial charge in [0.2, 0.25) is 0 Å². The van der Waals surface area contributed by atoms with Crippen LogP contribution in [0.4, 0.5) is 5.69 Å². The number of pyridine rings is 1. The highest BCUT2D eigenvalue weighted by Crippen LogP contribution is 2.26. The molecule has 2 atom stereocenters. The maximum atomic E-state index is 13.0. The third kappa shape index (κ3) is 4.52. The van der Waals surface area contributed by atoms with Crippen molar-refractivity contribution >= 4 is 17.1 Å². The van der Waals surface area contributed by atoms with Gasteiger partial charge in [0, 0.05) is 18.3 Å². The van der Waals surface area contributed by atoms with E-state index in [9.17, 15) is 9.90 Å². The number of carbonyl (C=O) groups is 1. The molecule has 3 aromatic heterocycles. The first-order valence-corrected chi connectivity index (χ1v) is 10.6. The summed E-state index contributed by atoms with van der Waals surface area (Å²) in [6.07, 6.45) is 5.89. The van der Waals surface area contributed by atoms with Gasteiger partial charge < -0.3 is 15.7 Å². The molecule has 8 heteroatoms. The number of aliphatic hydroxyl groups is 1. The molecule has 0 spiro atoms. The third-order valence-electron chi connectivity index (χ3n) is 5.47. The standard InChI is InChI=1S/C23H26N6O2/c1-14(2)27-20-10-21(22-7-6-17-8-15(11-24)12-26-29(17)22)25-13-19(20)23(31)28-16-4-3-5-18(30)9-16/h6-8,10,12-14,16,18,30H,3-5,9H2,1-2H3,(H,25,27)(H,28,31)/t16?,18-/m1/s1. The summed E-state index contributed by atoms with van der Waals surface area (Å²) in [7, 11) is 0. The molecule has 3 heterocycles. The molecule has 3 aromatic rings. The van der Waals surface area contributed by atoms with Crippen LogP contribution in [0.1, 0.15) is 55.5 Å². The zero-order valence-electron chi connectivity index (χ0n) is 17.7. The van der Waals surface area contributed by atoms with Crippen molar-refractivity contribution in [3.63, 3.8) is 0 Å². The molecule has 31 heavy (non-hydrogen) atoms. The normalized spacial score (nSPS) is 18.7. The number of amides is 1. The van der Waals surface area contributed by atoms with Crippen LogP contribution >= 0.6 is 0 Å². The molecule has 160 valence electrons. The zero-order chi connectivity index (χ0) is 22.0. The number of rotatable bonds is 5. The Balaban J connectivity index is 1.66. The quantitative estimate of drug-likeness (QED) is 0.586. The van der Waals surface area contributed by atoms with E-state index in [1.807, 2.05) is 32.0 Å². The van der Waals surface area contributed by atoms with Crippen molar-refractivity contribution in [2.75, 3.05) is 5.32 Å². The van der Waals surface area contributed by atoms with Crippen LogP contribution in [0, 0.1) is 11.3 Å². The number of aliphatic hydroxyl groups excluding tert-OH is 1. The fourth-order valence-corrected chi connectivity index (χ4v) is 4.02. The minimum absolute atomic E-state index is 0.0315. The maximum absolute atomic E-state index is 13.0. The summed E-state index contributed by atoms with van der Waals surface area (Å²) in [6.45, 7) is 4.02. The van der Waals surface area contributed by atoms with E-state index >= 15 is 0 Å². The monoisotopic (exact) mass is 418 g/mol. The smallest absolute Gasteiger partial charge is 0.255 e. The fourth-order valence-electron chi connectivity index (χ4n) is 4.02. The summed E-state index contributed by atoms with van der Waals surface area (Å²) >= 11 is 0. The Morgan fingerprint density at radius 2 is 2.13 bits per heavy atom. The first-order chi connectivity index (χ1) is 14.9. The van der Waals surface area contributed by atoms with Crippen molar-refractivity contribution < 1.29 is 9.90 Å². The molecule has 1 saturated carbocycles. The average Bonchev–Trinajstić information content (AvgIpc) is 3.16. The molecule has 1 aliphatic rings. The van der Waals surface area contributed by atoms with Gasteiger partial charge in [-0.2, -0.15) is 10.4 Å².